The first-order valence-electron chi connectivity index (χ1n) is 4.16. The molecule has 0 aromatic heterocycles. The lowest BCUT2D eigenvalue weighted by atomic mass is 10.4. The fraction of sp³-hybridized carbons (Fsp3) is 0.667. The van der Waals surface area contributed by atoms with Gasteiger partial charge in [0, 0.05) is 7.11 Å². The van der Waals surface area contributed by atoms with Gasteiger partial charge in [0.15, 0.2) is 0 Å². The standard InChI is InChI=1S/C9H16O4/c1-4-5-8(9(10)12-3)13-7-6-11-2/h5H,4,6-7H2,1-3H3. The predicted molar refractivity (Wildman–Crippen MR) is 48.2 cm³/mol. The molecule has 13 heavy (non-hydrogen) atoms. The minimum Gasteiger partial charge on any atom is -0.484 e. The molecule has 0 saturated carbocycles. The molecule has 0 aliphatic carbocycles. The summed E-state index contributed by atoms with van der Waals surface area (Å²) in [5.74, 6) is -0.194. The number of rotatable bonds is 6. The van der Waals surface area contributed by atoms with Crippen molar-refractivity contribution in [2.45, 2.75) is 13.3 Å². The molecule has 0 rings (SSSR count). The van der Waals surface area contributed by atoms with Crippen LogP contribution in [0.3, 0.4) is 0 Å². The molecule has 0 N–H and O–H groups in total. The molecule has 0 aliphatic heterocycles. The van der Waals surface area contributed by atoms with Crippen molar-refractivity contribution in [1.82, 2.24) is 0 Å². The topological polar surface area (TPSA) is 44.8 Å². The molecular weight excluding hydrogens is 172 g/mol. The molecule has 0 bridgehead atoms. The number of esters is 1. The minimum absolute atomic E-state index is 0.252. The van der Waals surface area contributed by atoms with Crippen LogP contribution < -0.4 is 0 Å². The molecule has 0 unspecified atom stereocenters. The van der Waals surface area contributed by atoms with E-state index in [1.807, 2.05) is 6.92 Å². The van der Waals surface area contributed by atoms with Crippen molar-refractivity contribution < 1.29 is 19.0 Å². The number of allylic oxidation sites excluding steroid dienone is 1. The van der Waals surface area contributed by atoms with Crippen molar-refractivity contribution in [3.63, 3.8) is 0 Å². The van der Waals surface area contributed by atoms with Crippen molar-refractivity contribution in [1.29, 1.82) is 0 Å². The summed E-state index contributed by atoms with van der Waals surface area (Å²) < 4.78 is 14.4. The van der Waals surface area contributed by atoms with E-state index in [-0.39, 0.29) is 5.76 Å². The molecule has 4 nitrogen and oxygen atoms in total. The number of methoxy groups -OCH3 is 2. The number of carbonyl (C=O) groups excluding carboxylic acids is 1. The number of hydrogen-bond acceptors (Lipinski definition) is 4. The van der Waals surface area contributed by atoms with Gasteiger partial charge in [-0.05, 0) is 12.5 Å². The summed E-state index contributed by atoms with van der Waals surface area (Å²) in [7, 11) is 2.90. The zero-order chi connectivity index (χ0) is 10.1. The van der Waals surface area contributed by atoms with Gasteiger partial charge in [0.2, 0.25) is 5.76 Å². The van der Waals surface area contributed by atoms with Crippen LogP contribution >= 0.6 is 0 Å². The highest BCUT2D eigenvalue weighted by Crippen LogP contribution is 2.01. The van der Waals surface area contributed by atoms with Crippen molar-refractivity contribution in [3.8, 4) is 0 Å². The van der Waals surface area contributed by atoms with Gasteiger partial charge in [0.1, 0.15) is 6.61 Å². The Balaban J connectivity index is 3.96. The molecule has 0 atom stereocenters. The first-order chi connectivity index (χ1) is 6.26. The summed E-state index contributed by atoms with van der Waals surface area (Å²) in [6.45, 7) is 2.73. The highest BCUT2D eigenvalue weighted by molar-refractivity contribution is 5.86. The Labute approximate surface area is 78.5 Å². The summed E-state index contributed by atoms with van der Waals surface area (Å²) in [4.78, 5) is 11.0. The minimum atomic E-state index is -0.446. The molecule has 0 aliphatic rings. The number of carbonyl (C=O) groups is 1. The normalized spacial score (nSPS) is 11.2. The Morgan fingerprint density at radius 3 is 2.46 bits per heavy atom. The highest BCUT2D eigenvalue weighted by atomic mass is 16.6. The van der Waals surface area contributed by atoms with E-state index in [1.165, 1.54) is 7.11 Å². The van der Waals surface area contributed by atoms with Crippen molar-refractivity contribution in [2.24, 2.45) is 0 Å². The Hall–Kier alpha value is -1.03. The highest BCUT2D eigenvalue weighted by Gasteiger charge is 2.09. The third kappa shape index (κ3) is 5.25. The van der Waals surface area contributed by atoms with Crippen LogP contribution in [0, 0.1) is 0 Å². The van der Waals surface area contributed by atoms with Gasteiger partial charge in [-0.2, -0.15) is 0 Å². The van der Waals surface area contributed by atoms with Gasteiger partial charge in [-0.1, -0.05) is 6.92 Å². The number of hydrogen-bond donors (Lipinski definition) is 0. The van der Waals surface area contributed by atoms with Crippen LogP contribution in [0.4, 0.5) is 0 Å². The fourth-order valence-corrected chi connectivity index (χ4v) is 0.722. The molecule has 0 amide bonds. The maximum Gasteiger partial charge on any atom is 0.372 e. The average molecular weight is 188 g/mol. The van der Waals surface area contributed by atoms with Crippen LogP contribution in [0.15, 0.2) is 11.8 Å². The first-order valence-corrected chi connectivity index (χ1v) is 4.16. The van der Waals surface area contributed by atoms with Gasteiger partial charge in [0.05, 0.1) is 13.7 Å². The van der Waals surface area contributed by atoms with E-state index in [0.29, 0.717) is 13.2 Å². The van der Waals surface area contributed by atoms with Crippen LogP contribution in [0.2, 0.25) is 0 Å². The van der Waals surface area contributed by atoms with E-state index in [1.54, 1.807) is 13.2 Å². The van der Waals surface area contributed by atoms with E-state index < -0.39 is 5.97 Å². The molecule has 0 aromatic rings. The van der Waals surface area contributed by atoms with Gasteiger partial charge in [-0.3, -0.25) is 0 Å². The van der Waals surface area contributed by atoms with Crippen LogP contribution in [-0.4, -0.2) is 33.4 Å². The molecule has 76 valence electrons. The Kier molecular flexibility index (Phi) is 7.01. The van der Waals surface area contributed by atoms with Gasteiger partial charge in [-0.15, -0.1) is 0 Å². The maximum atomic E-state index is 11.0. The van der Waals surface area contributed by atoms with Crippen LogP contribution in [-0.2, 0) is 19.0 Å². The fourth-order valence-electron chi connectivity index (χ4n) is 0.722. The molecule has 0 heterocycles. The van der Waals surface area contributed by atoms with Crippen LogP contribution in [0.1, 0.15) is 13.3 Å². The third-order valence-corrected chi connectivity index (χ3v) is 1.32. The zero-order valence-corrected chi connectivity index (χ0v) is 8.33. The Morgan fingerprint density at radius 2 is 2.00 bits per heavy atom. The largest absolute Gasteiger partial charge is 0.484 e. The molecule has 0 fully saturated rings. The SMILES string of the molecule is CCC=C(OCCOC)C(=O)OC. The first kappa shape index (κ1) is 12.0. The van der Waals surface area contributed by atoms with Gasteiger partial charge in [-0.25, -0.2) is 4.79 Å². The van der Waals surface area contributed by atoms with Gasteiger partial charge < -0.3 is 14.2 Å². The lowest BCUT2D eigenvalue weighted by Crippen LogP contribution is -2.11. The lowest BCUT2D eigenvalue weighted by molar-refractivity contribution is -0.140. The summed E-state index contributed by atoms with van der Waals surface area (Å²) in [6.07, 6.45) is 2.42. The lowest BCUT2D eigenvalue weighted by Gasteiger charge is -2.07. The Bertz CT molecular complexity index is 174. The molecule has 0 saturated heterocycles. The summed E-state index contributed by atoms with van der Waals surface area (Å²) in [6, 6.07) is 0. The monoisotopic (exact) mass is 188 g/mol. The molecular formula is C9H16O4. The average Bonchev–Trinajstić information content (AvgIpc) is 2.16. The third-order valence-electron chi connectivity index (χ3n) is 1.32. The number of ether oxygens (including phenoxy) is 3. The van der Waals surface area contributed by atoms with Crippen LogP contribution in [0.5, 0.6) is 0 Å². The van der Waals surface area contributed by atoms with E-state index in [4.69, 9.17) is 9.47 Å². The zero-order valence-electron chi connectivity index (χ0n) is 8.33. The quantitative estimate of drug-likeness (QED) is 0.271. The molecule has 4 heteroatoms. The van der Waals surface area contributed by atoms with E-state index in [0.717, 1.165) is 6.42 Å². The molecule has 0 spiro atoms. The summed E-state index contributed by atoms with van der Waals surface area (Å²) in [5, 5.41) is 0. The van der Waals surface area contributed by atoms with Gasteiger partial charge in [0.25, 0.3) is 0 Å². The Morgan fingerprint density at radius 1 is 1.31 bits per heavy atom. The smallest absolute Gasteiger partial charge is 0.372 e. The molecule has 0 radical (unpaired) electrons. The second kappa shape index (κ2) is 7.61. The second-order valence-corrected chi connectivity index (χ2v) is 2.31. The van der Waals surface area contributed by atoms with Crippen molar-refractivity contribution in [3.05, 3.63) is 11.8 Å². The second-order valence-electron chi connectivity index (χ2n) is 2.31. The van der Waals surface area contributed by atoms with Crippen molar-refractivity contribution >= 4 is 5.97 Å². The summed E-state index contributed by atoms with van der Waals surface area (Å²) >= 11 is 0. The van der Waals surface area contributed by atoms with Crippen molar-refractivity contribution in [2.75, 3.05) is 27.4 Å². The van der Waals surface area contributed by atoms with E-state index >= 15 is 0 Å². The molecule has 0 aromatic carbocycles. The van der Waals surface area contributed by atoms with Gasteiger partial charge >= 0.3 is 5.97 Å². The predicted octanol–water partition coefficient (Wildman–Crippen LogP) is 1.12. The van der Waals surface area contributed by atoms with E-state index in [9.17, 15) is 4.79 Å². The van der Waals surface area contributed by atoms with E-state index in [2.05, 4.69) is 4.74 Å². The maximum absolute atomic E-state index is 11.0. The summed E-state index contributed by atoms with van der Waals surface area (Å²) in [5.41, 5.74) is 0. The van der Waals surface area contributed by atoms with Crippen LogP contribution in [0.25, 0.3) is 0 Å².